The number of fused-ring (bicyclic) bond motifs is 6. The Labute approximate surface area is 219 Å². The number of carbonyl (C=O) groups excluding carboxylic acids is 2. The highest BCUT2D eigenvalue weighted by molar-refractivity contribution is 7.22. The number of para-hydroxylation sites is 1. The van der Waals surface area contributed by atoms with Crippen molar-refractivity contribution in [3.63, 3.8) is 0 Å². The van der Waals surface area contributed by atoms with Gasteiger partial charge in [0.05, 0.1) is 21.2 Å². The van der Waals surface area contributed by atoms with E-state index in [1.807, 2.05) is 32.0 Å². The summed E-state index contributed by atoms with van der Waals surface area (Å²) >= 11 is 7.52. The number of carbonyl (C=O) groups is 2. The van der Waals surface area contributed by atoms with E-state index in [1.54, 1.807) is 37.4 Å². The lowest BCUT2D eigenvalue weighted by Crippen LogP contribution is -2.53. The van der Waals surface area contributed by atoms with Gasteiger partial charge >= 0.3 is 0 Å². The highest BCUT2D eigenvalue weighted by Gasteiger charge is 2.65. The Balaban J connectivity index is 1.64. The second kappa shape index (κ2) is 7.27. The minimum atomic E-state index is -1.76. The average Bonchev–Trinajstić information content (AvgIpc) is 3.47. The van der Waals surface area contributed by atoms with E-state index in [0.29, 0.717) is 21.4 Å². The van der Waals surface area contributed by atoms with Crippen LogP contribution in [0.25, 0.3) is 21.2 Å². The van der Waals surface area contributed by atoms with Crippen LogP contribution in [0.1, 0.15) is 32.8 Å². The third-order valence-electron chi connectivity index (χ3n) is 7.23. The summed E-state index contributed by atoms with van der Waals surface area (Å²) < 4.78 is 6.95. The summed E-state index contributed by atoms with van der Waals surface area (Å²) in [6.45, 7) is 3.95. The number of aryl methyl sites for hydroxylation is 2. The maximum atomic E-state index is 14.3. The second-order valence-electron chi connectivity index (χ2n) is 9.43. The predicted molar refractivity (Wildman–Crippen MR) is 144 cm³/mol. The fourth-order valence-corrected chi connectivity index (χ4v) is 7.06. The molecule has 3 aromatic carbocycles. The molecule has 1 spiro atoms. The first-order valence-electron chi connectivity index (χ1n) is 11.6. The van der Waals surface area contributed by atoms with Gasteiger partial charge in [-0.15, -0.1) is 0 Å². The summed E-state index contributed by atoms with van der Waals surface area (Å²) in [6.07, 6.45) is 0. The standard InChI is InChI=1S/C28H18ClN3O4S/c1-13-10-14(2)22-20(11-13)37-27(30-22)32-25(34)24-21(23(33)16-12-15(29)8-9-19(16)36-24)28(32)17-6-4-5-7-18(17)31(3)26(28)35/h4-12H,1-3H3. The maximum absolute atomic E-state index is 14.3. The zero-order valence-corrected chi connectivity index (χ0v) is 21.5. The number of halogens is 1. The number of hydrogen-bond acceptors (Lipinski definition) is 6. The summed E-state index contributed by atoms with van der Waals surface area (Å²) in [6, 6.07) is 15.9. The Morgan fingerprint density at radius 2 is 1.81 bits per heavy atom. The molecule has 2 aliphatic rings. The minimum absolute atomic E-state index is 0.0128. The van der Waals surface area contributed by atoms with Gasteiger partial charge in [-0.3, -0.25) is 19.3 Å². The summed E-state index contributed by atoms with van der Waals surface area (Å²) in [4.78, 5) is 50.2. The van der Waals surface area contributed by atoms with Crippen LogP contribution in [0, 0.1) is 13.8 Å². The summed E-state index contributed by atoms with van der Waals surface area (Å²) in [5.41, 5.74) is 1.88. The monoisotopic (exact) mass is 527 g/mol. The minimum Gasteiger partial charge on any atom is -0.450 e. The molecular weight excluding hydrogens is 510 g/mol. The highest BCUT2D eigenvalue weighted by atomic mass is 35.5. The van der Waals surface area contributed by atoms with Crippen LogP contribution in [0.5, 0.6) is 0 Å². The molecule has 2 aromatic heterocycles. The van der Waals surface area contributed by atoms with Crippen molar-refractivity contribution in [1.29, 1.82) is 0 Å². The largest absolute Gasteiger partial charge is 0.450 e. The van der Waals surface area contributed by atoms with Gasteiger partial charge in [0.15, 0.2) is 16.1 Å². The van der Waals surface area contributed by atoms with Gasteiger partial charge < -0.3 is 9.32 Å². The number of benzene rings is 3. The molecule has 4 heterocycles. The molecule has 9 heteroatoms. The van der Waals surface area contributed by atoms with Crippen molar-refractivity contribution in [1.82, 2.24) is 4.98 Å². The first-order valence-corrected chi connectivity index (χ1v) is 12.8. The normalized spacial score (nSPS) is 18.5. The molecule has 1 atom stereocenters. The topological polar surface area (TPSA) is 83.7 Å². The Kier molecular flexibility index (Phi) is 4.37. The second-order valence-corrected chi connectivity index (χ2v) is 10.9. The molecule has 0 fully saturated rings. The fraction of sp³-hybridized carbons (Fsp3) is 0.143. The zero-order chi connectivity index (χ0) is 25.8. The number of anilines is 2. The van der Waals surface area contributed by atoms with Gasteiger partial charge in [0, 0.05) is 23.3 Å². The van der Waals surface area contributed by atoms with Crippen molar-refractivity contribution < 1.29 is 14.0 Å². The maximum Gasteiger partial charge on any atom is 0.297 e. The van der Waals surface area contributed by atoms with E-state index in [1.165, 1.54) is 27.2 Å². The molecule has 2 aliphatic heterocycles. The third kappa shape index (κ3) is 2.66. The van der Waals surface area contributed by atoms with Crippen LogP contribution in [0.4, 0.5) is 10.8 Å². The van der Waals surface area contributed by atoms with E-state index in [9.17, 15) is 14.4 Å². The molecule has 0 saturated carbocycles. The number of amides is 2. The van der Waals surface area contributed by atoms with Crippen LogP contribution >= 0.6 is 22.9 Å². The molecule has 2 amide bonds. The number of hydrogen-bond donors (Lipinski definition) is 0. The van der Waals surface area contributed by atoms with Gasteiger partial charge in [0.25, 0.3) is 11.8 Å². The molecule has 182 valence electrons. The molecule has 0 N–H and O–H groups in total. The van der Waals surface area contributed by atoms with E-state index < -0.39 is 22.8 Å². The summed E-state index contributed by atoms with van der Waals surface area (Å²) in [5, 5.41) is 0.873. The van der Waals surface area contributed by atoms with Crippen LogP contribution in [-0.2, 0) is 10.3 Å². The van der Waals surface area contributed by atoms with Gasteiger partial charge in [-0.05, 0) is 55.3 Å². The Morgan fingerprint density at radius 1 is 1.03 bits per heavy atom. The number of likely N-dealkylation sites (N-methyl/N-ethyl adjacent to an activating group) is 1. The molecule has 1 unspecified atom stereocenters. The smallest absolute Gasteiger partial charge is 0.297 e. The van der Waals surface area contributed by atoms with Gasteiger partial charge in [-0.1, -0.05) is 47.2 Å². The fourth-order valence-electron chi connectivity index (χ4n) is 5.69. The quantitative estimate of drug-likeness (QED) is 0.285. The van der Waals surface area contributed by atoms with Crippen LogP contribution in [-0.4, -0.2) is 23.8 Å². The summed E-state index contributed by atoms with van der Waals surface area (Å²) in [7, 11) is 1.64. The van der Waals surface area contributed by atoms with Crippen molar-refractivity contribution in [2.24, 2.45) is 0 Å². The lowest BCUT2D eigenvalue weighted by molar-refractivity contribution is -0.121. The number of rotatable bonds is 1. The number of aromatic nitrogens is 1. The highest BCUT2D eigenvalue weighted by Crippen LogP contribution is 2.54. The van der Waals surface area contributed by atoms with Crippen molar-refractivity contribution in [2.75, 3.05) is 16.8 Å². The molecular formula is C28H18ClN3O4S. The first kappa shape index (κ1) is 22.2. The van der Waals surface area contributed by atoms with Crippen molar-refractivity contribution in [2.45, 2.75) is 19.4 Å². The van der Waals surface area contributed by atoms with Gasteiger partial charge in [0.2, 0.25) is 5.76 Å². The molecule has 0 aliphatic carbocycles. The van der Waals surface area contributed by atoms with E-state index in [2.05, 4.69) is 0 Å². The lowest BCUT2D eigenvalue weighted by atomic mass is 9.84. The van der Waals surface area contributed by atoms with Gasteiger partial charge in [-0.2, -0.15) is 0 Å². The van der Waals surface area contributed by atoms with Crippen LogP contribution in [0.2, 0.25) is 5.02 Å². The molecule has 37 heavy (non-hydrogen) atoms. The van der Waals surface area contributed by atoms with E-state index in [-0.39, 0.29) is 22.3 Å². The van der Waals surface area contributed by atoms with Crippen LogP contribution < -0.4 is 15.2 Å². The van der Waals surface area contributed by atoms with Crippen LogP contribution in [0.3, 0.4) is 0 Å². The van der Waals surface area contributed by atoms with E-state index >= 15 is 0 Å². The zero-order valence-electron chi connectivity index (χ0n) is 20.0. The first-order chi connectivity index (χ1) is 17.7. The summed E-state index contributed by atoms with van der Waals surface area (Å²) in [5.74, 6) is -1.18. The molecule has 0 radical (unpaired) electrons. The molecule has 5 aromatic rings. The van der Waals surface area contributed by atoms with E-state index in [0.717, 1.165) is 21.3 Å². The SMILES string of the molecule is Cc1cc(C)c2nc(N3C(=O)c4oc5ccc(Cl)cc5c(=O)c4C34C(=O)N(C)c3ccccc34)sc2c1. The molecule has 0 saturated heterocycles. The van der Waals surface area contributed by atoms with Crippen molar-refractivity contribution in [3.8, 4) is 0 Å². The van der Waals surface area contributed by atoms with Gasteiger partial charge in [-0.25, -0.2) is 4.98 Å². The number of nitrogens with zero attached hydrogens (tertiary/aromatic N) is 3. The predicted octanol–water partition coefficient (Wildman–Crippen LogP) is 5.55. The van der Waals surface area contributed by atoms with Crippen molar-refractivity contribution >= 4 is 66.8 Å². The average molecular weight is 528 g/mol. The third-order valence-corrected chi connectivity index (χ3v) is 8.45. The number of thiazole rings is 1. The van der Waals surface area contributed by atoms with E-state index in [4.69, 9.17) is 21.0 Å². The van der Waals surface area contributed by atoms with Crippen molar-refractivity contribution in [3.05, 3.63) is 97.9 Å². The molecule has 7 rings (SSSR count). The molecule has 7 nitrogen and oxygen atoms in total. The van der Waals surface area contributed by atoms with Crippen LogP contribution in [0.15, 0.2) is 63.8 Å². The van der Waals surface area contributed by atoms with Gasteiger partial charge in [0.1, 0.15) is 5.58 Å². The lowest BCUT2D eigenvalue weighted by Gasteiger charge is -2.31. The Hall–Kier alpha value is -4.01. The Morgan fingerprint density at radius 3 is 2.62 bits per heavy atom. The molecule has 0 bridgehead atoms. The Bertz CT molecular complexity index is 1930.